The molecule has 0 atom stereocenters. The highest BCUT2D eigenvalue weighted by atomic mass is 32.2. The van der Waals surface area contributed by atoms with E-state index >= 15 is 0 Å². The lowest BCUT2D eigenvalue weighted by atomic mass is 10.1. The first-order valence-electron chi connectivity index (χ1n) is 8.80. The van der Waals surface area contributed by atoms with Crippen LogP contribution in [-0.4, -0.2) is 37.6 Å². The third kappa shape index (κ3) is 4.20. The fourth-order valence-electron chi connectivity index (χ4n) is 3.04. The lowest BCUT2D eigenvalue weighted by molar-refractivity contribution is 0.0996. The minimum absolute atomic E-state index is 0.0125. The summed E-state index contributed by atoms with van der Waals surface area (Å²) in [5.41, 5.74) is 5.73. The zero-order chi connectivity index (χ0) is 20.3. The Morgan fingerprint density at radius 3 is 2.39 bits per heavy atom. The van der Waals surface area contributed by atoms with Gasteiger partial charge in [-0.25, -0.2) is 12.8 Å². The first-order chi connectivity index (χ1) is 13.3. The van der Waals surface area contributed by atoms with Crippen molar-refractivity contribution in [3.05, 3.63) is 59.4 Å². The van der Waals surface area contributed by atoms with E-state index in [4.69, 9.17) is 5.73 Å². The van der Waals surface area contributed by atoms with Gasteiger partial charge in [0.2, 0.25) is 15.9 Å². The number of benzene rings is 2. The third-order valence-corrected chi connectivity index (χ3v) is 6.44. The van der Waals surface area contributed by atoms with Crippen LogP contribution in [0, 0.1) is 5.82 Å². The molecule has 28 heavy (non-hydrogen) atoms. The van der Waals surface area contributed by atoms with E-state index in [0.29, 0.717) is 18.8 Å². The number of halogens is 1. The van der Waals surface area contributed by atoms with E-state index in [9.17, 15) is 22.4 Å². The minimum atomic E-state index is -4.02. The summed E-state index contributed by atoms with van der Waals surface area (Å²) < 4.78 is 41.0. The molecule has 0 bridgehead atoms. The molecule has 7 nitrogen and oxygen atoms in total. The number of primary amides is 1. The average Bonchev–Trinajstić information content (AvgIpc) is 2.69. The van der Waals surface area contributed by atoms with Gasteiger partial charge in [0.1, 0.15) is 10.7 Å². The molecule has 148 valence electrons. The molecule has 0 spiro atoms. The number of carbonyl (C=O) groups is 2. The number of rotatable bonds is 5. The second-order valence-corrected chi connectivity index (χ2v) is 8.42. The average molecular weight is 405 g/mol. The fourth-order valence-corrected chi connectivity index (χ4v) is 4.65. The number of hydrogen-bond acceptors (Lipinski definition) is 4. The van der Waals surface area contributed by atoms with Crippen molar-refractivity contribution in [3.63, 3.8) is 0 Å². The monoisotopic (exact) mass is 405 g/mol. The Balaban J connectivity index is 1.87. The van der Waals surface area contributed by atoms with E-state index in [1.54, 1.807) is 12.1 Å². The summed E-state index contributed by atoms with van der Waals surface area (Å²) in [4.78, 5) is 23.2. The Morgan fingerprint density at radius 1 is 1.00 bits per heavy atom. The first-order valence-corrected chi connectivity index (χ1v) is 10.2. The Bertz CT molecular complexity index is 1020. The van der Waals surface area contributed by atoms with Gasteiger partial charge < -0.3 is 11.1 Å². The van der Waals surface area contributed by atoms with Crippen molar-refractivity contribution in [3.8, 4) is 0 Å². The molecule has 0 radical (unpaired) electrons. The highest BCUT2D eigenvalue weighted by Crippen LogP contribution is 2.24. The molecule has 0 aliphatic carbocycles. The molecule has 1 heterocycles. The largest absolute Gasteiger partial charge is 0.366 e. The molecular weight excluding hydrogens is 385 g/mol. The van der Waals surface area contributed by atoms with Gasteiger partial charge in [-0.1, -0.05) is 12.5 Å². The van der Waals surface area contributed by atoms with Crippen molar-refractivity contribution >= 4 is 27.5 Å². The number of sulfonamides is 1. The zero-order valence-corrected chi connectivity index (χ0v) is 15.8. The maximum atomic E-state index is 14.3. The predicted octanol–water partition coefficient (Wildman–Crippen LogP) is 2.35. The van der Waals surface area contributed by atoms with Crippen LogP contribution >= 0.6 is 0 Å². The zero-order valence-electron chi connectivity index (χ0n) is 15.0. The van der Waals surface area contributed by atoms with Gasteiger partial charge in [-0.2, -0.15) is 4.31 Å². The van der Waals surface area contributed by atoms with E-state index in [1.807, 2.05) is 0 Å². The van der Waals surface area contributed by atoms with Crippen LogP contribution in [0.1, 0.15) is 40.0 Å². The number of nitrogens with two attached hydrogens (primary N) is 1. The molecule has 0 saturated carbocycles. The van der Waals surface area contributed by atoms with Crippen molar-refractivity contribution in [2.75, 3.05) is 18.4 Å². The van der Waals surface area contributed by atoms with Gasteiger partial charge in [0.15, 0.2) is 0 Å². The van der Waals surface area contributed by atoms with Gasteiger partial charge in [0.25, 0.3) is 5.91 Å². The number of amides is 2. The summed E-state index contributed by atoms with van der Waals surface area (Å²) in [5.74, 6) is -2.18. The summed E-state index contributed by atoms with van der Waals surface area (Å²) in [6.45, 7) is 0.663. The molecule has 2 aromatic rings. The number of anilines is 1. The van der Waals surface area contributed by atoms with Crippen LogP contribution in [0.3, 0.4) is 0 Å². The van der Waals surface area contributed by atoms with Crippen LogP contribution < -0.4 is 11.1 Å². The van der Waals surface area contributed by atoms with Gasteiger partial charge in [-0.15, -0.1) is 0 Å². The van der Waals surface area contributed by atoms with Crippen LogP contribution in [0.4, 0.5) is 10.1 Å². The second-order valence-electron chi connectivity index (χ2n) is 6.51. The lowest BCUT2D eigenvalue weighted by Gasteiger charge is -2.26. The normalized spacial score (nSPS) is 15.2. The van der Waals surface area contributed by atoms with Gasteiger partial charge >= 0.3 is 0 Å². The quantitative estimate of drug-likeness (QED) is 0.796. The van der Waals surface area contributed by atoms with Crippen molar-refractivity contribution in [1.29, 1.82) is 0 Å². The second kappa shape index (κ2) is 8.07. The Labute approximate surface area is 162 Å². The van der Waals surface area contributed by atoms with Crippen molar-refractivity contribution in [1.82, 2.24) is 4.31 Å². The van der Waals surface area contributed by atoms with Gasteiger partial charge in [0.05, 0.1) is 0 Å². The van der Waals surface area contributed by atoms with E-state index in [0.717, 1.165) is 31.4 Å². The molecular formula is C19H20FN3O4S. The molecule has 9 heteroatoms. The maximum absolute atomic E-state index is 14.3. The van der Waals surface area contributed by atoms with E-state index in [-0.39, 0.29) is 11.1 Å². The van der Waals surface area contributed by atoms with Gasteiger partial charge in [-0.05, 0) is 49.2 Å². The van der Waals surface area contributed by atoms with Gasteiger partial charge in [0, 0.05) is 29.9 Å². The Kier molecular flexibility index (Phi) is 5.76. The van der Waals surface area contributed by atoms with Crippen LogP contribution in [0.25, 0.3) is 0 Å². The third-order valence-electron chi connectivity index (χ3n) is 4.53. The Hall–Kier alpha value is -2.78. The Morgan fingerprint density at radius 2 is 1.71 bits per heavy atom. The molecule has 0 aromatic heterocycles. The van der Waals surface area contributed by atoms with Crippen molar-refractivity contribution < 1.29 is 22.4 Å². The summed E-state index contributed by atoms with van der Waals surface area (Å²) >= 11 is 0. The molecule has 3 rings (SSSR count). The number of carbonyl (C=O) groups excluding carboxylic acids is 2. The van der Waals surface area contributed by atoms with Crippen LogP contribution in [-0.2, 0) is 10.0 Å². The predicted molar refractivity (Wildman–Crippen MR) is 102 cm³/mol. The summed E-state index contributed by atoms with van der Waals surface area (Å²) in [6, 6.07) is 9.20. The number of nitrogens with one attached hydrogen (secondary N) is 1. The van der Waals surface area contributed by atoms with Crippen molar-refractivity contribution in [2.45, 2.75) is 24.2 Å². The molecule has 0 unspecified atom stereocenters. The molecule has 1 fully saturated rings. The molecule has 2 aromatic carbocycles. The van der Waals surface area contributed by atoms with Crippen molar-refractivity contribution in [2.24, 2.45) is 5.73 Å². The van der Waals surface area contributed by atoms with Crippen LogP contribution in [0.2, 0.25) is 0 Å². The summed E-state index contributed by atoms with van der Waals surface area (Å²) in [5, 5.41) is 2.55. The number of hydrogen-bond donors (Lipinski definition) is 2. The number of nitrogens with zero attached hydrogens (tertiary/aromatic N) is 1. The van der Waals surface area contributed by atoms with Crippen LogP contribution in [0.15, 0.2) is 47.4 Å². The van der Waals surface area contributed by atoms with E-state index in [1.165, 1.54) is 22.5 Å². The molecule has 1 saturated heterocycles. The highest BCUT2D eigenvalue weighted by molar-refractivity contribution is 7.89. The van der Waals surface area contributed by atoms with E-state index < -0.39 is 32.6 Å². The standard InChI is InChI=1S/C19H20FN3O4S/c20-16-8-7-14(12-17(16)28(26,27)23-9-2-1-3-10-23)19(25)22-15-6-4-5-13(11-15)18(21)24/h4-8,11-12H,1-3,9-10H2,(H2,21,24)(H,22,25). The van der Waals surface area contributed by atoms with Crippen LogP contribution in [0.5, 0.6) is 0 Å². The molecule has 1 aliphatic heterocycles. The minimum Gasteiger partial charge on any atom is -0.366 e. The summed E-state index contributed by atoms with van der Waals surface area (Å²) in [7, 11) is -4.02. The van der Waals surface area contributed by atoms with Gasteiger partial charge in [-0.3, -0.25) is 9.59 Å². The topological polar surface area (TPSA) is 110 Å². The number of piperidine rings is 1. The fraction of sp³-hybridized carbons (Fsp3) is 0.263. The molecule has 1 aliphatic rings. The van der Waals surface area contributed by atoms with E-state index in [2.05, 4.69) is 5.32 Å². The SMILES string of the molecule is NC(=O)c1cccc(NC(=O)c2ccc(F)c(S(=O)(=O)N3CCCCC3)c2)c1. The smallest absolute Gasteiger partial charge is 0.255 e. The highest BCUT2D eigenvalue weighted by Gasteiger charge is 2.29. The lowest BCUT2D eigenvalue weighted by Crippen LogP contribution is -2.36. The molecule has 3 N–H and O–H groups in total. The summed E-state index contributed by atoms with van der Waals surface area (Å²) in [6.07, 6.45) is 2.37. The molecule has 2 amide bonds. The first kappa shape index (κ1) is 20.0. The maximum Gasteiger partial charge on any atom is 0.255 e.